The maximum Gasteiger partial charge on any atom is 0.303 e. The van der Waals surface area contributed by atoms with Crippen molar-refractivity contribution in [3.05, 3.63) is 35.9 Å². The van der Waals surface area contributed by atoms with Crippen LogP contribution in [-0.4, -0.2) is 36.4 Å². The minimum Gasteiger partial charge on any atom is -0.450 e. The number of carbonyl (C=O) groups excluding carboxylic acids is 1. The van der Waals surface area contributed by atoms with Crippen LogP contribution in [0.25, 0.3) is 0 Å². The molecule has 0 spiro atoms. The zero-order chi connectivity index (χ0) is 12.8. The maximum absolute atomic E-state index is 10.9. The standard InChI is InChI=1S/C13H19NO2S/c1-10(15)16-13(17)12(14(2)3)9-11-7-5-4-6-8-11/h4-8,12-13,17H,9H2,1-3H3/t12-,13?/m0/s1. The van der Waals surface area contributed by atoms with Crippen LogP contribution in [0.3, 0.4) is 0 Å². The lowest BCUT2D eigenvalue weighted by atomic mass is 10.1. The number of benzene rings is 1. The van der Waals surface area contributed by atoms with Crippen molar-refractivity contribution >= 4 is 18.6 Å². The van der Waals surface area contributed by atoms with Crippen LogP contribution in [0.1, 0.15) is 12.5 Å². The Hall–Kier alpha value is -1.00. The van der Waals surface area contributed by atoms with Gasteiger partial charge in [-0.1, -0.05) is 30.3 Å². The lowest BCUT2D eigenvalue weighted by Crippen LogP contribution is -2.40. The molecule has 0 bridgehead atoms. The molecule has 3 nitrogen and oxygen atoms in total. The van der Waals surface area contributed by atoms with Gasteiger partial charge in [0, 0.05) is 6.92 Å². The Morgan fingerprint density at radius 3 is 2.41 bits per heavy atom. The molecule has 0 aliphatic rings. The molecule has 1 aromatic carbocycles. The van der Waals surface area contributed by atoms with E-state index in [2.05, 4.69) is 24.8 Å². The molecule has 0 aliphatic carbocycles. The molecule has 0 saturated carbocycles. The molecule has 0 radical (unpaired) electrons. The number of esters is 1. The molecule has 0 N–H and O–H groups in total. The van der Waals surface area contributed by atoms with E-state index in [4.69, 9.17) is 4.74 Å². The third-order valence-electron chi connectivity index (χ3n) is 2.57. The molecule has 0 saturated heterocycles. The summed E-state index contributed by atoms with van der Waals surface area (Å²) in [5.74, 6) is -0.301. The Bertz CT molecular complexity index is 354. The highest BCUT2D eigenvalue weighted by atomic mass is 32.1. The smallest absolute Gasteiger partial charge is 0.303 e. The second kappa shape index (κ2) is 6.67. The average molecular weight is 253 g/mol. The minimum atomic E-state index is -0.414. The summed E-state index contributed by atoms with van der Waals surface area (Å²) in [7, 11) is 3.92. The molecule has 0 amide bonds. The zero-order valence-electron chi connectivity index (χ0n) is 10.5. The summed E-state index contributed by atoms with van der Waals surface area (Å²) in [4.78, 5) is 13.0. The van der Waals surface area contributed by atoms with Crippen LogP contribution < -0.4 is 0 Å². The van der Waals surface area contributed by atoms with E-state index in [0.717, 1.165) is 6.42 Å². The summed E-state index contributed by atoms with van der Waals surface area (Å²) in [5.41, 5.74) is 0.792. The van der Waals surface area contributed by atoms with Crippen LogP contribution in [0.4, 0.5) is 0 Å². The second-order valence-corrected chi connectivity index (χ2v) is 4.73. The number of likely N-dealkylation sites (N-methyl/N-ethyl adjacent to an activating group) is 1. The van der Waals surface area contributed by atoms with Gasteiger partial charge in [-0.2, -0.15) is 0 Å². The van der Waals surface area contributed by atoms with Crippen LogP contribution in [0.5, 0.6) is 0 Å². The van der Waals surface area contributed by atoms with E-state index in [1.54, 1.807) is 0 Å². The summed E-state index contributed by atoms with van der Waals surface area (Å²) in [6, 6.07) is 10.2. The summed E-state index contributed by atoms with van der Waals surface area (Å²) < 4.78 is 5.13. The Labute approximate surface area is 108 Å². The first-order chi connectivity index (χ1) is 8.00. The summed E-state index contributed by atoms with van der Waals surface area (Å²) in [6.07, 6.45) is 0.801. The molecule has 0 aliphatic heterocycles. The van der Waals surface area contributed by atoms with Gasteiger partial charge < -0.3 is 9.64 Å². The van der Waals surface area contributed by atoms with Gasteiger partial charge in [0.25, 0.3) is 0 Å². The molecule has 94 valence electrons. The van der Waals surface area contributed by atoms with Crippen molar-refractivity contribution in [2.24, 2.45) is 0 Å². The summed E-state index contributed by atoms with van der Waals surface area (Å²) in [5, 5.41) is 0. The summed E-state index contributed by atoms with van der Waals surface area (Å²) in [6.45, 7) is 1.40. The fourth-order valence-electron chi connectivity index (χ4n) is 1.64. The van der Waals surface area contributed by atoms with Gasteiger partial charge in [-0.15, -0.1) is 12.6 Å². The van der Waals surface area contributed by atoms with Gasteiger partial charge in [0.15, 0.2) is 5.44 Å². The first-order valence-corrected chi connectivity index (χ1v) is 6.08. The van der Waals surface area contributed by atoms with Gasteiger partial charge >= 0.3 is 5.97 Å². The Balaban J connectivity index is 2.70. The van der Waals surface area contributed by atoms with Crippen LogP contribution in [-0.2, 0) is 16.0 Å². The topological polar surface area (TPSA) is 29.5 Å². The van der Waals surface area contributed by atoms with E-state index in [-0.39, 0.29) is 12.0 Å². The number of hydrogen-bond acceptors (Lipinski definition) is 4. The van der Waals surface area contributed by atoms with Crippen LogP contribution in [0, 0.1) is 0 Å². The van der Waals surface area contributed by atoms with E-state index in [1.807, 2.05) is 37.2 Å². The van der Waals surface area contributed by atoms with Gasteiger partial charge in [0.1, 0.15) is 0 Å². The van der Waals surface area contributed by atoms with Gasteiger partial charge in [-0.05, 0) is 26.1 Å². The first-order valence-electron chi connectivity index (χ1n) is 5.56. The maximum atomic E-state index is 10.9. The van der Waals surface area contributed by atoms with Crippen LogP contribution in [0.15, 0.2) is 30.3 Å². The van der Waals surface area contributed by atoms with E-state index in [0.29, 0.717) is 0 Å². The Kier molecular flexibility index (Phi) is 5.51. The quantitative estimate of drug-likeness (QED) is 0.494. The largest absolute Gasteiger partial charge is 0.450 e. The molecular weight excluding hydrogens is 234 g/mol. The monoisotopic (exact) mass is 253 g/mol. The molecule has 0 aromatic heterocycles. The van der Waals surface area contributed by atoms with Gasteiger partial charge in [-0.25, -0.2) is 0 Å². The van der Waals surface area contributed by atoms with Crippen molar-refractivity contribution in [1.82, 2.24) is 4.90 Å². The van der Waals surface area contributed by atoms with E-state index < -0.39 is 5.44 Å². The highest BCUT2D eigenvalue weighted by Crippen LogP contribution is 2.15. The van der Waals surface area contributed by atoms with Crippen LogP contribution in [0.2, 0.25) is 0 Å². The first kappa shape index (κ1) is 14.1. The van der Waals surface area contributed by atoms with E-state index in [9.17, 15) is 4.79 Å². The summed E-state index contributed by atoms with van der Waals surface area (Å²) >= 11 is 4.35. The SMILES string of the molecule is CC(=O)OC(S)[C@H](Cc1ccccc1)N(C)C. The lowest BCUT2D eigenvalue weighted by molar-refractivity contribution is -0.144. The van der Waals surface area contributed by atoms with Crippen LogP contribution >= 0.6 is 12.6 Å². The van der Waals surface area contributed by atoms with Gasteiger partial charge in [0.2, 0.25) is 0 Å². The lowest BCUT2D eigenvalue weighted by Gasteiger charge is -2.28. The van der Waals surface area contributed by atoms with Crippen molar-refractivity contribution in [1.29, 1.82) is 0 Å². The molecular formula is C13H19NO2S. The third-order valence-corrected chi connectivity index (χ3v) is 3.02. The second-order valence-electron chi connectivity index (χ2n) is 4.22. The number of hydrogen-bond donors (Lipinski definition) is 1. The molecule has 1 aromatic rings. The molecule has 4 heteroatoms. The van der Waals surface area contributed by atoms with Crippen molar-refractivity contribution in [3.8, 4) is 0 Å². The molecule has 1 unspecified atom stereocenters. The number of thiol groups is 1. The molecule has 17 heavy (non-hydrogen) atoms. The van der Waals surface area contributed by atoms with Crippen molar-refractivity contribution in [2.45, 2.75) is 24.8 Å². The van der Waals surface area contributed by atoms with Crippen molar-refractivity contribution in [3.63, 3.8) is 0 Å². The highest BCUT2D eigenvalue weighted by molar-refractivity contribution is 7.80. The van der Waals surface area contributed by atoms with E-state index in [1.165, 1.54) is 12.5 Å². The predicted molar refractivity (Wildman–Crippen MR) is 72.2 cm³/mol. The highest BCUT2D eigenvalue weighted by Gasteiger charge is 2.23. The number of rotatable bonds is 5. The number of ether oxygens (including phenoxy) is 1. The molecule has 0 heterocycles. The fraction of sp³-hybridized carbons (Fsp3) is 0.462. The minimum absolute atomic E-state index is 0.0598. The number of nitrogens with zero attached hydrogens (tertiary/aromatic N) is 1. The average Bonchev–Trinajstić information content (AvgIpc) is 2.25. The van der Waals surface area contributed by atoms with Crippen molar-refractivity contribution in [2.75, 3.05) is 14.1 Å². The molecule has 2 atom stereocenters. The molecule has 0 fully saturated rings. The normalized spacial score (nSPS) is 14.4. The number of carbonyl (C=O) groups is 1. The Morgan fingerprint density at radius 1 is 1.35 bits per heavy atom. The Morgan fingerprint density at radius 2 is 1.94 bits per heavy atom. The fourth-order valence-corrected chi connectivity index (χ4v) is 2.16. The third kappa shape index (κ3) is 4.79. The molecule has 1 rings (SSSR count). The van der Waals surface area contributed by atoms with Gasteiger partial charge in [0.05, 0.1) is 6.04 Å². The zero-order valence-corrected chi connectivity index (χ0v) is 11.4. The van der Waals surface area contributed by atoms with Crippen molar-refractivity contribution < 1.29 is 9.53 Å². The van der Waals surface area contributed by atoms with E-state index >= 15 is 0 Å². The van der Waals surface area contributed by atoms with Gasteiger partial charge in [-0.3, -0.25) is 4.79 Å². The predicted octanol–water partition coefficient (Wildman–Crippen LogP) is 1.98.